The lowest BCUT2D eigenvalue weighted by Gasteiger charge is -2.16. The van der Waals surface area contributed by atoms with Gasteiger partial charge in [-0.15, -0.1) is 5.11 Å². The first-order chi connectivity index (χ1) is 11.5. The first kappa shape index (κ1) is 18.1. The van der Waals surface area contributed by atoms with Crippen LogP contribution in [0.25, 0.3) is 0 Å². The minimum absolute atomic E-state index is 0.0152. The van der Waals surface area contributed by atoms with E-state index < -0.39 is 23.7 Å². The Morgan fingerprint density at radius 3 is 2.33 bits per heavy atom. The number of hydrogen-bond acceptors (Lipinski definition) is 6. The van der Waals surface area contributed by atoms with Gasteiger partial charge in [0.1, 0.15) is 5.69 Å². The van der Waals surface area contributed by atoms with Gasteiger partial charge in [-0.05, 0) is 18.9 Å². The number of hydrogen-bond donors (Lipinski definition) is 0. The number of benzene rings is 1. The molecule has 1 saturated heterocycles. The van der Waals surface area contributed by atoms with Gasteiger partial charge in [-0.2, -0.15) is 0 Å². The van der Waals surface area contributed by atoms with Gasteiger partial charge in [0.05, 0.1) is 19.2 Å². The van der Waals surface area contributed by atoms with Crippen LogP contribution in [0.3, 0.4) is 0 Å². The molecular weight excluding hydrogens is 341 g/mol. The van der Waals surface area contributed by atoms with Gasteiger partial charge in [-0.1, -0.05) is 22.9 Å². The number of nitrogens with zero attached hydrogens (tertiary/aromatic N) is 3. The van der Waals surface area contributed by atoms with E-state index in [2.05, 4.69) is 19.8 Å². The zero-order chi connectivity index (χ0) is 17.7. The summed E-state index contributed by atoms with van der Waals surface area (Å²) in [6, 6.07) is 2.57. The molecule has 0 bridgehead atoms. The molecule has 1 heterocycles. The quantitative estimate of drug-likeness (QED) is 0.459. The smallest absolute Gasteiger partial charge is 0.324 e. The van der Waals surface area contributed by atoms with E-state index in [9.17, 15) is 14.0 Å². The summed E-state index contributed by atoms with van der Waals surface area (Å²) in [4.78, 5) is 23.9. The van der Waals surface area contributed by atoms with Crippen molar-refractivity contribution in [2.24, 2.45) is 10.3 Å². The van der Waals surface area contributed by atoms with Gasteiger partial charge in [0, 0.05) is 18.7 Å². The monoisotopic (exact) mass is 357 g/mol. The Morgan fingerprint density at radius 1 is 1.21 bits per heavy atom. The molecule has 0 spiro atoms. The zero-order valence-corrected chi connectivity index (χ0v) is 14.0. The zero-order valence-electron chi connectivity index (χ0n) is 13.3. The molecule has 130 valence electrons. The van der Waals surface area contributed by atoms with E-state index in [4.69, 9.17) is 11.6 Å². The Morgan fingerprint density at radius 2 is 1.79 bits per heavy atom. The Balaban J connectivity index is 2.49. The highest BCUT2D eigenvalue weighted by Crippen LogP contribution is 2.35. The summed E-state index contributed by atoms with van der Waals surface area (Å²) in [6.07, 6.45) is 1.94. The van der Waals surface area contributed by atoms with Crippen LogP contribution < -0.4 is 0 Å². The number of rotatable bonds is 5. The van der Waals surface area contributed by atoms with Gasteiger partial charge in [-0.25, -0.2) is 4.39 Å². The van der Waals surface area contributed by atoms with Crippen LogP contribution in [0.5, 0.6) is 0 Å². The summed E-state index contributed by atoms with van der Waals surface area (Å²) >= 11 is 5.79. The molecule has 9 heteroatoms. The van der Waals surface area contributed by atoms with Crippen molar-refractivity contribution in [3.63, 3.8) is 0 Å². The Labute approximate surface area is 143 Å². The van der Waals surface area contributed by atoms with Crippen molar-refractivity contribution in [2.75, 3.05) is 27.3 Å². The van der Waals surface area contributed by atoms with E-state index >= 15 is 0 Å². The summed E-state index contributed by atoms with van der Waals surface area (Å²) in [5.41, 5.74) is -0.297. The molecule has 0 saturated carbocycles. The summed E-state index contributed by atoms with van der Waals surface area (Å²) < 4.78 is 23.7. The van der Waals surface area contributed by atoms with Crippen molar-refractivity contribution in [2.45, 2.75) is 18.8 Å². The van der Waals surface area contributed by atoms with Crippen LogP contribution in [0.15, 0.2) is 22.5 Å². The summed E-state index contributed by atoms with van der Waals surface area (Å²) in [7, 11) is 2.24. The van der Waals surface area contributed by atoms with E-state index in [1.165, 1.54) is 12.1 Å². The Bertz CT molecular complexity index is 646. The lowest BCUT2D eigenvalue weighted by atomic mass is 9.97. The molecular formula is C15H17ClFN3O4. The fourth-order valence-corrected chi connectivity index (χ4v) is 2.53. The standard InChI is InChI=1S/C15H17ClFN3O4/c1-23-14(21)11(15(22)24-2)9-5-6-10(16)12(17)13(9)18-19-20-7-3-4-8-20/h5-6,11H,3-4,7-8H2,1-2H3. The molecule has 0 N–H and O–H groups in total. The van der Waals surface area contributed by atoms with Crippen LogP contribution in [0, 0.1) is 5.82 Å². The molecule has 7 nitrogen and oxygen atoms in total. The number of methoxy groups -OCH3 is 2. The second-order valence-corrected chi connectivity index (χ2v) is 5.54. The second kappa shape index (κ2) is 8.05. The van der Waals surface area contributed by atoms with E-state index in [-0.39, 0.29) is 16.3 Å². The van der Waals surface area contributed by atoms with E-state index in [1.54, 1.807) is 5.01 Å². The first-order valence-corrected chi connectivity index (χ1v) is 7.67. The SMILES string of the molecule is COC(=O)C(C(=O)OC)c1ccc(Cl)c(F)c1N=NN1CCCC1. The highest BCUT2D eigenvalue weighted by Gasteiger charge is 2.34. The number of halogens is 2. The van der Waals surface area contributed by atoms with Crippen LogP contribution in [0.2, 0.25) is 5.02 Å². The van der Waals surface area contributed by atoms with Crippen molar-refractivity contribution >= 4 is 29.2 Å². The molecule has 1 aromatic carbocycles. The predicted octanol–water partition coefficient (Wildman–Crippen LogP) is 3.00. The third-order valence-electron chi connectivity index (χ3n) is 3.64. The largest absolute Gasteiger partial charge is 0.468 e. The highest BCUT2D eigenvalue weighted by atomic mass is 35.5. The van der Waals surface area contributed by atoms with Crippen LogP contribution in [-0.4, -0.2) is 44.3 Å². The minimum Gasteiger partial charge on any atom is -0.468 e. The van der Waals surface area contributed by atoms with E-state index in [0.717, 1.165) is 27.1 Å². The lowest BCUT2D eigenvalue weighted by Crippen LogP contribution is -2.24. The average Bonchev–Trinajstić information content (AvgIpc) is 3.10. The maximum absolute atomic E-state index is 14.4. The van der Waals surface area contributed by atoms with Crippen LogP contribution in [0.4, 0.5) is 10.1 Å². The predicted molar refractivity (Wildman–Crippen MR) is 83.5 cm³/mol. The minimum atomic E-state index is -1.47. The molecule has 0 radical (unpaired) electrons. The lowest BCUT2D eigenvalue weighted by molar-refractivity contribution is -0.154. The third kappa shape index (κ3) is 3.81. The Hall–Kier alpha value is -2.22. The van der Waals surface area contributed by atoms with Gasteiger partial charge in [0.2, 0.25) is 0 Å². The van der Waals surface area contributed by atoms with Crippen LogP contribution >= 0.6 is 11.6 Å². The number of ether oxygens (including phenoxy) is 2. The molecule has 1 aromatic rings. The summed E-state index contributed by atoms with van der Waals surface area (Å²) in [5, 5.41) is 9.33. The summed E-state index contributed by atoms with van der Waals surface area (Å²) in [6.45, 7) is 1.41. The third-order valence-corrected chi connectivity index (χ3v) is 3.93. The number of carbonyl (C=O) groups is 2. The van der Waals surface area contributed by atoms with Crippen molar-refractivity contribution in [3.8, 4) is 0 Å². The molecule has 0 amide bonds. The number of esters is 2. The molecule has 0 unspecified atom stereocenters. The highest BCUT2D eigenvalue weighted by molar-refractivity contribution is 6.31. The molecule has 24 heavy (non-hydrogen) atoms. The second-order valence-electron chi connectivity index (χ2n) is 5.13. The van der Waals surface area contributed by atoms with Crippen molar-refractivity contribution < 1.29 is 23.5 Å². The molecule has 0 aromatic heterocycles. The molecule has 0 aliphatic carbocycles. The van der Waals surface area contributed by atoms with Gasteiger partial charge < -0.3 is 9.47 Å². The van der Waals surface area contributed by atoms with Gasteiger partial charge in [-0.3, -0.25) is 14.6 Å². The number of carbonyl (C=O) groups excluding carboxylic acids is 2. The normalized spacial score (nSPS) is 14.5. The van der Waals surface area contributed by atoms with Crippen LogP contribution in [-0.2, 0) is 19.1 Å². The molecule has 1 aliphatic rings. The van der Waals surface area contributed by atoms with Gasteiger partial charge in [0.15, 0.2) is 11.7 Å². The molecule has 0 atom stereocenters. The fraction of sp³-hybridized carbons (Fsp3) is 0.467. The first-order valence-electron chi connectivity index (χ1n) is 7.29. The van der Waals surface area contributed by atoms with Crippen molar-refractivity contribution in [3.05, 3.63) is 28.5 Å². The van der Waals surface area contributed by atoms with Gasteiger partial charge in [0.25, 0.3) is 0 Å². The molecule has 1 aliphatic heterocycles. The van der Waals surface area contributed by atoms with Gasteiger partial charge >= 0.3 is 11.9 Å². The van der Waals surface area contributed by atoms with Crippen molar-refractivity contribution in [1.82, 2.24) is 5.01 Å². The summed E-state index contributed by atoms with van der Waals surface area (Å²) in [5.74, 6) is -4.11. The Kier molecular flexibility index (Phi) is 6.08. The average molecular weight is 358 g/mol. The maximum atomic E-state index is 14.4. The van der Waals surface area contributed by atoms with E-state index in [1.807, 2.05) is 0 Å². The van der Waals surface area contributed by atoms with E-state index in [0.29, 0.717) is 13.1 Å². The molecule has 2 rings (SSSR count). The molecule has 1 fully saturated rings. The maximum Gasteiger partial charge on any atom is 0.324 e. The fourth-order valence-electron chi connectivity index (χ4n) is 2.37. The topological polar surface area (TPSA) is 80.6 Å². The van der Waals surface area contributed by atoms with Crippen molar-refractivity contribution in [1.29, 1.82) is 0 Å². The van der Waals surface area contributed by atoms with Crippen LogP contribution in [0.1, 0.15) is 24.3 Å².